The van der Waals surface area contributed by atoms with Crippen LogP contribution >= 0.6 is 0 Å². The van der Waals surface area contributed by atoms with Crippen molar-refractivity contribution >= 4 is 11.8 Å². The van der Waals surface area contributed by atoms with Crippen molar-refractivity contribution in [2.45, 2.75) is 26.7 Å². The summed E-state index contributed by atoms with van der Waals surface area (Å²) in [5.74, 6) is 0.347. The Kier molecular flexibility index (Phi) is 7.55. The van der Waals surface area contributed by atoms with E-state index in [1.165, 1.54) is 0 Å². The topological polar surface area (TPSA) is 71.5 Å². The number of pyridine rings is 1. The molecule has 1 heterocycles. The smallest absolute Gasteiger partial charge is 0.237 e. The first-order chi connectivity index (χ1) is 13.3. The van der Waals surface area contributed by atoms with E-state index < -0.39 is 5.41 Å². The predicted molar refractivity (Wildman–Crippen MR) is 109 cm³/mol. The lowest BCUT2D eigenvalue weighted by atomic mass is 9.90. The summed E-state index contributed by atoms with van der Waals surface area (Å²) in [5.41, 5.74) is 1.09. The molecule has 0 spiro atoms. The number of hydrogen-bond acceptors (Lipinski definition) is 4. The maximum atomic E-state index is 12.8. The first kappa shape index (κ1) is 21.4. The van der Waals surface area contributed by atoms with Crippen molar-refractivity contribution < 1.29 is 14.3 Å². The van der Waals surface area contributed by atoms with Crippen molar-refractivity contribution in [1.82, 2.24) is 15.2 Å². The molecule has 0 aliphatic rings. The SMILES string of the molecule is COc1ccc(CCNC(=O)C(C)(C)C(=O)N(C)CCc2ccncc2)cc1. The van der Waals surface area contributed by atoms with Gasteiger partial charge in [0.05, 0.1) is 7.11 Å². The second kappa shape index (κ2) is 9.88. The number of rotatable bonds is 9. The predicted octanol–water partition coefficient (Wildman–Crippen LogP) is 2.48. The summed E-state index contributed by atoms with van der Waals surface area (Å²) in [6.45, 7) is 4.36. The van der Waals surface area contributed by atoms with Crippen LogP contribution < -0.4 is 10.1 Å². The second-order valence-corrected chi connectivity index (χ2v) is 7.31. The highest BCUT2D eigenvalue weighted by molar-refractivity contribution is 6.04. The minimum Gasteiger partial charge on any atom is -0.497 e. The molecule has 28 heavy (non-hydrogen) atoms. The van der Waals surface area contributed by atoms with Crippen LogP contribution in [0.5, 0.6) is 5.75 Å². The molecule has 0 aliphatic carbocycles. The number of hydrogen-bond donors (Lipinski definition) is 1. The highest BCUT2D eigenvalue weighted by Crippen LogP contribution is 2.19. The lowest BCUT2D eigenvalue weighted by Crippen LogP contribution is -2.49. The van der Waals surface area contributed by atoms with Gasteiger partial charge in [0.1, 0.15) is 11.2 Å². The molecule has 0 saturated heterocycles. The molecule has 6 heteroatoms. The molecule has 150 valence electrons. The van der Waals surface area contributed by atoms with Crippen LogP contribution in [0.3, 0.4) is 0 Å². The molecular formula is C22H29N3O3. The number of likely N-dealkylation sites (N-methyl/N-ethyl adjacent to an activating group) is 1. The lowest BCUT2D eigenvalue weighted by molar-refractivity contribution is -0.147. The van der Waals surface area contributed by atoms with Crippen molar-refractivity contribution in [2.24, 2.45) is 5.41 Å². The highest BCUT2D eigenvalue weighted by Gasteiger charge is 2.37. The molecular weight excluding hydrogens is 354 g/mol. The summed E-state index contributed by atoms with van der Waals surface area (Å²) in [6, 6.07) is 11.6. The van der Waals surface area contributed by atoms with Crippen LogP contribution in [0.4, 0.5) is 0 Å². The third-order valence-corrected chi connectivity index (χ3v) is 4.79. The van der Waals surface area contributed by atoms with Gasteiger partial charge in [-0.05, 0) is 62.1 Å². The zero-order chi connectivity index (χ0) is 20.6. The van der Waals surface area contributed by atoms with Crippen molar-refractivity contribution in [3.63, 3.8) is 0 Å². The van der Waals surface area contributed by atoms with E-state index in [0.29, 0.717) is 19.5 Å². The van der Waals surface area contributed by atoms with Crippen molar-refractivity contribution in [3.05, 3.63) is 59.9 Å². The molecule has 0 unspecified atom stereocenters. The third kappa shape index (κ3) is 5.81. The van der Waals surface area contributed by atoms with E-state index in [4.69, 9.17) is 4.74 Å². The number of nitrogens with zero attached hydrogens (tertiary/aromatic N) is 2. The molecule has 0 bridgehead atoms. The van der Waals surface area contributed by atoms with Gasteiger partial charge in [0.2, 0.25) is 11.8 Å². The molecule has 6 nitrogen and oxygen atoms in total. The second-order valence-electron chi connectivity index (χ2n) is 7.31. The van der Waals surface area contributed by atoms with E-state index in [-0.39, 0.29) is 11.8 Å². The fourth-order valence-electron chi connectivity index (χ4n) is 2.86. The van der Waals surface area contributed by atoms with E-state index >= 15 is 0 Å². The maximum Gasteiger partial charge on any atom is 0.237 e. The van der Waals surface area contributed by atoms with E-state index in [1.807, 2.05) is 36.4 Å². The van der Waals surface area contributed by atoms with Crippen LogP contribution in [0.1, 0.15) is 25.0 Å². The van der Waals surface area contributed by atoms with Crippen molar-refractivity contribution in [2.75, 3.05) is 27.2 Å². The molecule has 2 amide bonds. The number of carbonyl (C=O) groups excluding carboxylic acids is 2. The Balaban J connectivity index is 1.83. The van der Waals surface area contributed by atoms with Gasteiger partial charge in [-0.1, -0.05) is 12.1 Å². The fraction of sp³-hybridized carbons (Fsp3) is 0.409. The summed E-state index contributed by atoms with van der Waals surface area (Å²) >= 11 is 0. The fourth-order valence-corrected chi connectivity index (χ4v) is 2.86. The zero-order valence-electron chi connectivity index (χ0n) is 17.1. The summed E-state index contributed by atoms with van der Waals surface area (Å²) in [5, 5.41) is 2.88. The number of amides is 2. The normalized spacial score (nSPS) is 11.0. The first-order valence-electron chi connectivity index (χ1n) is 9.40. The molecule has 0 aliphatic heterocycles. The van der Waals surface area contributed by atoms with E-state index in [2.05, 4.69) is 10.3 Å². The molecule has 0 radical (unpaired) electrons. The van der Waals surface area contributed by atoms with Gasteiger partial charge in [-0.15, -0.1) is 0 Å². The van der Waals surface area contributed by atoms with E-state index in [0.717, 1.165) is 23.3 Å². The zero-order valence-corrected chi connectivity index (χ0v) is 17.1. The van der Waals surface area contributed by atoms with E-state index in [1.54, 1.807) is 45.3 Å². The Labute approximate surface area is 166 Å². The number of nitrogens with one attached hydrogen (secondary N) is 1. The molecule has 1 aromatic carbocycles. The van der Waals surface area contributed by atoms with Gasteiger partial charge in [0.25, 0.3) is 0 Å². The first-order valence-corrected chi connectivity index (χ1v) is 9.40. The summed E-state index contributed by atoms with van der Waals surface area (Å²) in [7, 11) is 3.36. The maximum absolute atomic E-state index is 12.8. The van der Waals surface area contributed by atoms with Gasteiger partial charge >= 0.3 is 0 Å². The molecule has 1 aromatic heterocycles. The Morgan fingerprint density at radius 3 is 2.25 bits per heavy atom. The van der Waals surface area contributed by atoms with Crippen LogP contribution in [-0.2, 0) is 22.4 Å². The molecule has 2 aromatic rings. The van der Waals surface area contributed by atoms with Crippen LogP contribution in [0.25, 0.3) is 0 Å². The van der Waals surface area contributed by atoms with Crippen LogP contribution in [0, 0.1) is 5.41 Å². The largest absolute Gasteiger partial charge is 0.497 e. The van der Waals surface area contributed by atoms with Crippen molar-refractivity contribution in [3.8, 4) is 5.75 Å². The number of ether oxygens (including phenoxy) is 1. The van der Waals surface area contributed by atoms with Gasteiger partial charge in [-0.25, -0.2) is 0 Å². The molecule has 2 rings (SSSR count). The average molecular weight is 383 g/mol. The molecule has 0 fully saturated rings. The number of carbonyl (C=O) groups is 2. The van der Waals surface area contributed by atoms with Gasteiger partial charge in [-0.3, -0.25) is 14.6 Å². The van der Waals surface area contributed by atoms with Gasteiger partial charge in [0, 0.05) is 32.5 Å². The molecule has 0 saturated carbocycles. The summed E-state index contributed by atoms with van der Waals surface area (Å²) in [4.78, 5) is 31.0. The van der Waals surface area contributed by atoms with Crippen LogP contribution in [0.15, 0.2) is 48.8 Å². The molecule has 0 atom stereocenters. The Hall–Kier alpha value is -2.89. The Bertz CT molecular complexity index is 773. The minimum atomic E-state index is -1.12. The number of aromatic nitrogens is 1. The molecule has 1 N–H and O–H groups in total. The van der Waals surface area contributed by atoms with E-state index in [9.17, 15) is 9.59 Å². The minimum absolute atomic E-state index is 0.191. The monoisotopic (exact) mass is 383 g/mol. The standard InChI is InChI=1S/C22H29N3O3/c1-22(2,21(27)25(3)16-12-18-9-13-23-14-10-18)20(26)24-15-11-17-5-7-19(28-4)8-6-17/h5-10,13-14H,11-12,15-16H2,1-4H3,(H,24,26). The Morgan fingerprint density at radius 1 is 1.04 bits per heavy atom. The van der Waals surface area contributed by atoms with Gasteiger partial charge in [0.15, 0.2) is 0 Å². The highest BCUT2D eigenvalue weighted by atomic mass is 16.5. The summed E-state index contributed by atoms with van der Waals surface area (Å²) in [6.07, 6.45) is 4.88. The lowest BCUT2D eigenvalue weighted by Gasteiger charge is -2.28. The third-order valence-electron chi connectivity index (χ3n) is 4.79. The number of benzene rings is 1. The van der Waals surface area contributed by atoms with Gasteiger partial charge < -0.3 is 15.0 Å². The quantitative estimate of drug-likeness (QED) is 0.676. The van der Waals surface area contributed by atoms with Crippen molar-refractivity contribution in [1.29, 1.82) is 0 Å². The van der Waals surface area contributed by atoms with Gasteiger partial charge in [-0.2, -0.15) is 0 Å². The average Bonchev–Trinajstić information content (AvgIpc) is 2.72. The van der Waals surface area contributed by atoms with Crippen LogP contribution in [-0.4, -0.2) is 48.9 Å². The van der Waals surface area contributed by atoms with Crippen LogP contribution in [0.2, 0.25) is 0 Å². The Morgan fingerprint density at radius 2 is 1.64 bits per heavy atom. The number of methoxy groups -OCH3 is 1. The summed E-state index contributed by atoms with van der Waals surface area (Å²) < 4.78 is 5.14.